The lowest BCUT2D eigenvalue weighted by Gasteiger charge is -2.09. The molecule has 3 rings (SSSR count). The first-order valence-corrected chi connectivity index (χ1v) is 6.90. The average Bonchev–Trinajstić information content (AvgIpc) is 2.79. The maximum absolute atomic E-state index is 11.5. The molecule has 0 fully saturated rings. The van der Waals surface area contributed by atoms with E-state index < -0.39 is 0 Å². The number of rotatable bonds is 4. The van der Waals surface area contributed by atoms with E-state index in [-0.39, 0.29) is 0 Å². The summed E-state index contributed by atoms with van der Waals surface area (Å²) in [5.41, 5.74) is 3.99. The molecule has 106 valence electrons. The highest BCUT2D eigenvalue weighted by molar-refractivity contribution is 6.00. The summed E-state index contributed by atoms with van der Waals surface area (Å²) < 4.78 is 7.44. The fourth-order valence-electron chi connectivity index (χ4n) is 2.73. The summed E-state index contributed by atoms with van der Waals surface area (Å²) in [6.07, 6.45) is 0.929. The molecule has 0 N–H and O–H groups in total. The van der Waals surface area contributed by atoms with Crippen LogP contribution in [0, 0.1) is 6.92 Å². The Hall–Kier alpha value is -2.55. The fraction of sp³-hybridized carbons (Fsp3) is 0.167. The van der Waals surface area contributed by atoms with E-state index in [4.69, 9.17) is 4.74 Å². The number of methoxy groups -OCH3 is 1. The van der Waals surface area contributed by atoms with E-state index >= 15 is 0 Å². The molecule has 0 bridgehead atoms. The van der Waals surface area contributed by atoms with Gasteiger partial charge < -0.3 is 9.30 Å². The number of aromatic nitrogens is 1. The van der Waals surface area contributed by atoms with Gasteiger partial charge in [0.1, 0.15) is 5.75 Å². The minimum absolute atomic E-state index is 0.736. The summed E-state index contributed by atoms with van der Waals surface area (Å²) in [6, 6.07) is 16.1. The Morgan fingerprint density at radius 3 is 2.57 bits per heavy atom. The number of nitrogens with zero attached hydrogens (tertiary/aromatic N) is 1. The highest BCUT2D eigenvalue weighted by atomic mass is 16.5. The molecule has 0 radical (unpaired) electrons. The minimum Gasteiger partial charge on any atom is -0.497 e. The molecule has 3 aromatic rings. The van der Waals surface area contributed by atoms with Gasteiger partial charge in [0.15, 0.2) is 6.29 Å². The topological polar surface area (TPSA) is 31.2 Å². The number of aldehydes is 1. The van der Waals surface area contributed by atoms with Crippen molar-refractivity contribution in [3.63, 3.8) is 0 Å². The Bertz CT molecular complexity index is 788. The largest absolute Gasteiger partial charge is 0.497 e. The zero-order valence-corrected chi connectivity index (χ0v) is 12.2. The molecule has 0 spiro atoms. The number of ether oxygens (including phenoxy) is 1. The number of carbonyl (C=O) groups is 1. The summed E-state index contributed by atoms with van der Waals surface area (Å²) in [5.74, 6) is 0.766. The standard InChI is InChI=1S/C18H17NO2/c1-13-17(12-20)16-10-15(21-2)8-9-18(16)19(13)11-14-6-4-3-5-7-14/h3-10,12H,11H2,1-2H3. The predicted octanol–water partition coefficient (Wildman–Crippen LogP) is 3.82. The van der Waals surface area contributed by atoms with Crippen LogP contribution >= 0.6 is 0 Å². The Morgan fingerprint density at radius 2 is 1.90 bits per heavy atom. The normalized spacial score (nSPS) is 10.8. The zero-order valence-electron chi connectivity index (χ0n) is 12.2. The first-order valence-electron chi connectivity index (χ1n) is 6.90. The van der Waals surface area contributed by atoms with Gasteiger partial charge in [0.05, 0.1) is 7.11 Å². The number of carbonyl (C=O) groups excluding carboxylic acids is 1. The molecule has 0 aliphatic rings. The lowest BCUT2D eigenvalue weighted by atomic mass is 10.1. The van der Waals surface area contributed by atoms with Crippen molar-refractivity contribution < 1.29 is 9.53 Å². The minimum atomic E-state index is 0.736. The van der Waals surface area contributed by atoms with Crippen LogP contribution in [-0.4, -0.2) is 18.0 Å². The van der Waals surface area contributed by atoms with Crippen molar-refractivity contribution in [3.8, 4) is 5.75 Å². The number of hydrogen-bond donors (Lipinski definition) is 0. The van der Waals surface area contributed by atoms with Crippen LogP contribution in [0.25, 0.3) is 10.9 Å². The molecular formula is C18H17NO2. The van der Waals surface area contributed by atoms with Gasteiger partial charge in [-0.15, -0.1) is 0 Å². The van der Waals surface area contributed by atoms with Crippen molar-refractivity contribution in [2.75, 3.05) is 7.11 Å². The van der Waals surface area contributed by atoms with Crippen LogP contribution in [0.3, 0.4) is 0 Å². The first kappa shape index (κ1) is 13.4. The van der Waals surface area contributed by atoms with Crippen LogP contribution in [-0.2, 0) is 6.54 Å². The summed E-state index contributed by atoms with van der Waals surface area (Å²) in [7, 11) is 1.63. The van der Waals surface area contributed by atoms with Crippen molar-refractivity contribution in [3.05, 3.63) is 65.4 Å². The lowest BCUT2D eigenvalue weighted by Crippen LogP contribution is -2.02. The second-order valence-corrected chi connectivity index (χ2v) is 5.07. The summed E-state index contributed by atoms with van der Waals surface area (Å²) in [6.45, 7) is 2.74. The van der Waals surface area contributed by atoms with Crippen molar-refractivity contribution in [2.24, 2.45) is 0 Å². The molecule has 0 saturated heterocycles. The first-order chi connectivity index (χ1) is 10.2. The SMILES string of the molecule is COc1ccc2c(c1)c(C=O)c(C)n2Cc1ccccc1. The molecule has 2 aromatic carbocycles. The van der Waals surface area contributed by atoms with E-state index in [1.165, 1.54) is 5.56 Å². The smallest absolute Gasteiger partial charge is 0.152 e. The van der Waals surface area contributed by atoms with E-state index in [0.717, 1.165) is 40.7 Å². The van der Waals surface area contributed by atoms with E-state index in [1.807, 2.05) is 43.3 Å². The lowest BCUT2D eigenvalue weighted by molar-refractivity contribution is 0.112. The van der Waals surface area contributed by atoms with E-state index in [9.17, 15) is 4.79 Å². The van der Waals surface area contributed by atoms with Gasteiger partial charge in [-0.25, -0.2) is 0 Å². The second kappa shape index (κ2) is 5.44. The summed E-state index contributed by atoms with van der Waals surface area (Å²) in [4.78, 5) is 11.5. The molecule has 1 heterocycles. The molecule has 0 aliphatic heterocycles. The Morgan fingerprint density at radius 1 is 1.14 bits per heavy atom. The van der Waals surface area contributed by atoms with Gasteiger partial charge in [0.2, 0.25) is 0 Å². The monoisotopic (exact) mass is 279 g/mol. The van der Waals surface area contributed by atoms with Gasteiger partial charge in [-0.3, -0.25) is 4.79 Å². The predicted molar refractivity (Wildman–Crippen MR) is 84.2 cm³/mol. The van der Waals surface area contributed by atoms with E-state index in [2.05, 4.69) is 16.7 Å². The van der Waals surface area contributed by atoms with Gasteiger partial charge in [-0.05, 0) is 30.7 Å². The molecule has 0 atom stereocenters. The van der Waals surface area contributed by atoms with Crippen LogP contribution in [0.5, 0.6) is 5.75 Å². The molecule has 21 heavy (non-hydrogen) atoms. The molecule has 0 saturated carbocycles. The van der Waals surface area contributed by atoms with Crippen LogP contribution < -0.4 is 4.74 Å². The van der Waals surface area contributed by atoms with Crippen LogP contribution in [0.1, 0.15) is 21.6 Å². The fourth-order valence-corrected chi connectivity index (χ4v) is 2.73. The van der Waals surface area contributed by atoms with Gasteiger partial charge in [0.25, 0.3) is 0 Å². The zero-order chi connectivity index (χ0) is 14.8. The van der Waals surface area contributed by atoms with Crippen LogP contribution in [0.4, 0.5) is 0 Å². The molecule has 0 unspecified atom stereocenters. The van der Waals surface area contributed by atoms with Crippen LogP contribution in [0.15, 0.2) is 48.5 Å². The van der Waals surface area contributed by atoms with Crippen molar-refractivity contribution >= 4 is 17.2 Å². The van der Waals surface area contributed by atoms with Crippen molar-refractivity contribution in [2.45, 2.75) is 13.5 Å². The van der Waals surface area contributed by atoms with E-state index in [1.54, 1.807) is 7.11 Å². The maximum Gasteiger partial charge on any atom is 0.152 e. The third-order valence-electron chi connectivity index (χ3n) is 3.88. The Kier molecular flexibility index (Phi) is 3.48. The van der Waals surface area contributed by atoms with Gasteiger partial charge in [0, 0.05) is 28.7 Å². The molecule has 1 aromatic heterocycles. The molecule has 3 nitrogen and oxygen atoms in total. The van der Waals surface area contributed by atoms with E-state index in [0.29, 0.717) is 0 Å². The summed E-state index contributed by atoms with van der Waals surface area (Å²) >= 11 is 0. The number of benzene rings is 2. The summed E-state index contributed by atoms with van der Waals surface area (Å²) in [5, 5.41) is 0.942. The third kappa shape index (κ3) is 2.31. The van der Waals surface area contributed by atoms with Crippen molar-refractivity contribution in [1.29, 1.82) is 0 Å². The Labute approximate surface area is 123 Å². The van der Waals surface area contributed by atoms with Crippen molar-refractivity contribution in [1.82, 2.24) is 4.57 Å². The average molecular weight is 279 g/mol. The molecule has 0 aliphatic carbocycles. The highest BCUT2D eigenvalue weighted by Crippen LogP contribution is 2.29. The number of fused-ring (bicyclic) bond motifs is 1. The number of hydrogen-bond acceptors (Lipinski definition) is 2. The highest BCUT2D eigenvalue weighted by Gasteiger charge is 2.14. The molecule has 3 heteroatoms. The quantitative estimate of drug-likeness (QED) is 0.680. The molecular weight excluding hydrogens is 262 g/mol. The van der Waals surface area contributed by atoms with Crippen LogP contribution in [0.2, 0.25) is 0 Å². The van der Waals surface area contributed by atoms with Gasteiger partial charge in [-0.1, -0.05) is 30.3 Å². The third-order valence-corrected chi connectivity index (χ3v) is 3.88. The Balaban J connectivity index is 2.18. The van der Waals surface area contributed by atoms with Gasteiger partial charge >= 0.3 is 0 Å². The second-order valence-electron chi connectivity index (χ2n) is 5.07. The van der Waals surface area contributed by atoms with Gasteiger partial charge in [-0.2, -0.15) is 0 Å². The molecule has 0 amide bonds. The maximum atomic E-state index is 11.5.